The fourth-order valence-corrected chi connectivity index (χ4v) is 2.30. The van der Waals surface area contributed by atoms with Crippen LogP contribution in [0, 0.1) is 0 Å². The van der Waals surface area contributed by atoms with Crippen LogP contribution in [0.4, 0.5) is 5.69 Å². The molecule has 0 heterocycles. The number of benzene rings is 2. The second kappa shape index (κ2) is 5.88. The number of nitrogen functional groups attached to an aromatic ring is 1. The van der Waals surface area contributed by atoms with Gasteiger partial charge in [0.05, 0.1) is 5.69 Å². The maximum Gasteiger partial charge on any atom is 0.150 e. The minimum atomic E-state index is 0.190. The molecule has 0 aliphatic rings. The zero-order valence-corrected chi connectivity index (χ0v) is 13.7. The van der Waals surface area contributed by atoms with Crippen LogP contribution in [-0.4, -0.2) is 0 Å². The normalized spacial score (nSPS) is 11.4. The summed E-state index contributed by atoms with van der Waals surface area (Å²) in [6, 6.07) is 13.8. The third-order valence-corrected chi connectivity index (χ3v) is 4.21. The maximum atomic E-state index is 5.93. The monoisotopic (exact) mass is 333 g/mol. The third-order valence-electron chi connectivity index (χ3n) is 3.72. The molecule has 0 aliphatic heterocycles. The van der Waals surface area contributed by atoms with Crippen molar-refractivity contribution < 1.29 is 4.74 Å². The Kier molecular flexibility index (Phi) is 4.39. The SMILES string of the molecule is CCC(C)(C)c1ccc(Oc2ccc(Br)cc2N)cc1. The molecule has 2 N–H and O–H groups in total. The quantitative estimate of drug-likeness (QED) is 0.748. The van der Waals surface area contributed by atoms with E-state index in [1.54, 1.807) is 0 Å². The summed E-state index contributed by atoms with van der Waals surface area (Å²) in [6.07, 6.45) is 1.10. The fraction of sp³-hybridized carbons (Fsp3) is 0.294. The lowest BCUT2D eigenvalue weighted by Gasteiger charge is -2.23. The topological polar surface area (TPSA) is 35.2 Å². The third kappa shape index (κ3) is 3.34. The Bertz CT molecular complexity index is 590. The van der Waals surface area contributed by atoms with Crippen molar-refractivity contribution in [1.29, 1.82) is 0 Å². The first-order chi connectivity index (χ1) is 9.42. The van der Waals surface area contributed by atoms with Crippen molar-refractivity contribution in [2.45, 2.75) is 32.6 Å². The summed E-state index contributed by atoms with van der Waals surface area (Å²) in [4.78, 5) is 0. The van der Waals surface area contributed by atoms with E-state index in [0.717, 1.165) is 16.6 Å². The average Bonchev–Trinajstić information content (AvgIpc) is 2.42. The predicted molar refractivity (Wildman–Crippen MR) is 88.4 cm³/mol. The second-order valence-electron chi connectivity index (χ2n) is 5.55. The first-order valence-corrected chi connectivity index (χ1v) is 7.55. The minimum absolute atomic E-state index is 0.190. The molecular formula is C17H20BrNO. The maximum absolute atomic E-state index is 5.93. The van der Waals surface area contributed by atoms with Crippen molar-refractivity contribution in [3.05, 3.63) is 52.5 Å². The first-order valence-electron chi connectivity index (χ1n) is 6.76. The molecule has 0 atom stereocenters. The Morgan fingerprint density at radius 1 is 1.10 bits per heavy atom. The summed E-state index contributed by atoms with van der Waals surface area (Å²) in [5, 5.41) is 0. The van der Waals surface area contributed by atoms with Crippen molar-refractivity contribution in [2.24, 2.45) is 0 Å². The van der Waals surface area contributed by atoms with Crippen LogP contribution in [0.25, 0.3) is 0 Å². The highest BCUT2D eigenvalue weighted by molar-refractivity contribution is 9.10. The van der Waals surface area contributed by atoms with Gasteiger partial charge in [0.15, 0.2) is 0 Å². The largest absolute Gasteiger partial charge is 0.455 e. The molecule has 20 heavy (non-hydrogen) atoms. The van der Waals surface area contributed by atoms with Gasteiger partial charge in [-0.3, -0.25) is 0 Å². The molecule has 2 rings (SSSR count). The van der Waals surface area contributed by atoms with Crippen molar-refractivity contribution >= 4 is 21.6 Å². The predicted octanol–water partition coefficient (Wildman–Crippen LogP) is 5.51. The number of nitrogens with two attached hydrogens (primary N) is 1. The van der Waals surface area contributed by atoms with Gasteiger partial charge in [0.1, 0.15) is 11.5 Å². The second-order valence-corrected chi connectivity index (χ2v) is 6.46. The van der Waals surface area contributed by atoms with Crippen LogP contribution < -0.4 is 10.5 Å². The number of ether oxygens (including phenoxy) is 1. The lowest BCUT2D eigenvalue weighted by Crippen LogP contribution is -2.14. The van der Waals surface area contributed by atoms with E-state index in [1.807, 2.05) is 30.3 Å². The average molecular weight is 334 g/mol. The minimum Gasteiger partial charge on any atom is -0.455 e. The molecule has 0 saturated carbocycles. The van der Waals surface area contributed by atoms with Gasteiger partial charge in [-0.15, -0.1) is 0 Å². The van der Waals surface area contributed by atoms with Gasteiger partial charge in [-0.25, -0.2) is 0 Å². The Balaban J connectivity index is 2.19. The molecule has 0 saturated heterocycles. The Morgan fingerprint density at radius 3 is 2.30 bits per heavy atom. The molecule has 2 aromatic rings. The van der Waals surface area contributed by atoms with Gasteiger partial charge in [-0.2, -0.15) is 0 Å². The Morgan fingerprint density at radius 2 is 1.75 bits per heavy atom. The summed E-state index contributed by atoms with van der Waals surface area (Å²) in [5.41, 5.74) is 8.06. The van der Waals surface area contributed by atoms with E-state index in [1.165, 1.54) is 5.56 Å². The number of hydrogen-bond acceptors (Lipinski definition) is 2. The highest BCUT2D eigenvalue weighted by Gasteiger charge is 2.17. The number of anilines is 1. The molecule has 2 nitrogen and oxygen atoms in total. The number of hydrogen-bond donors (Lipinski definition) is 1. The molecule has 2 aromatic carbocycles. The zero-order chi connectivity index (χ0) is 14.8. The van der Waals surface area contributed by atoms with E-state index < -0.39 is 0 Å². The van der Waals surface area contributed by atoms with Crippen LogP contribution in [-0.2, 0) is 5.41 Å². The van der Waals surface area contributed by atoms with Crippen molar-refractivity contribution in [2.75, 3.05) is 5.73 Å². The molecule has 0 aliphatic carbocycles. The van der Waals surface area contributed by atoms with E-state index in [-0.39, 0.29) is 5.41 Å². The smallest absolute Gasteiger partial charge is 0.150 e. The molecule has 0 unspecified atom stereocenters. The first kappa shape index (κ1) is 14.9. The number of halogens is 1. The van der Waals surface area contributed by atoms with E-state index in [4.69, 9.17) is 10.5 Å². The summed E-state index contributed by atoms with van der Waals surface area (Å²) >= 11 is 3.39. The van der Waals surface area contributed by atoms with Gasteiger partial charge in [-0.05, 0) is 47.7 Å². The summed E-state index contributed by atoms with van der Waals surface area (Å²) in [7, 11) is 0. The molecule has 0 spiro atoms. The molecule has 106 valence electrons. The van der Waals surface area contributed by atoms with Crippen LogP contribution in [0.3, 0.4) is 0 Å². The summed E-state index contributed by atoms with van der Waals surface area (Å²) in [6.45, 7) is 6.69. The van der Waals surface area contributed by atoms with Crippen LogP contribution in [0.1, 0.15) is 32.8 Å². The van der Waals surface area contributed by atoms with Gasteiger partial charge in [0, 0.05) is 4.47 Å². The summed E-state index contributed by atoms with van der Waals surface area (Å²) < 4.78 is 6.77. The van der Waals surface area contributed by atoms with Gasteiger partial charge in [0.25, 0.3) is 0 Å². The van der Waals surface area contributed by atoms with Crippen LogP contribution >= 0.6 is 15.9 Å². The Labute approximate surface area is 129 Å². The molecule has 0 bridgehead atoms. The van der Waals surface area contributed by atoms with Crippen LogP contribution in [0.5, 0.6) is 11.5 Å². The summed E-state index contributed by atoms with van der Waals surface area (Å²) in [5.74, 6) is 1.48. The van der Waals surface area contributed by atoms with Gasteiger partial charge in [0.2, 0.25) is 0 Å². The van der Waals surface area contributed by atoms with Gasteiger partial charge >= 0.3 is 0 Å². The molecule has 0 aromatic heterocycles. The zero-order valence-electron chi connectivity index (χ0n) is 12.1. The van der Waals surface area contributed by atoms with Crippen LogP contribution in [0.15, 0.2) is 46.9 Å². The Hall–Kier alpha value is -1.48. The highest BCUT2D eigenvalue weighted by Crippen LogP contribution is 2.32. The van der Waals surface area contributed by atoms with E-state index in [9.17, 15) is 0 Å². The molecular weight excluding hydrogens is 314 g/mol. The number of rotatable bonds is 4. The fourth-order valence-electron chi connectivity index (χ4n) is 1.92. The van der Waals surface area contributed by atoms with Crippen LogP contribution in [0.2, 0.25) is 0 Å². The van der Waals surface area contributed by atoms with Crippen molar-refractivity contribution in [3.8, 4) is 11.5 Å². The highest BCUT2D eigenvalue weighted by atomic mass is 79.9. The van der Waals surface area contributed by atoms with Gasteiger partial charge < -0.3 is 10.5 Å². The molecule has 0 fully saturated rings. The standard InChI is InChI=1S/C17H20BrNO/c1-4-17(2,3)12-5-8-14(9-6-12)20-16-10-7-13(18)11-15(16)19/h5-11H,4,19H2,1-3H3. The molecule has 0 amide bonds. The van der Waals surface area contributed by atoms with Crippen molar-refractivity contribution in [1.82, 2.24) is 0 Å². The lowest BCUT2D eigenvalue weighted by molar-refractivity contribution is 0.480. The van der Waals surface area contributed by atoms with Gasteiger partial charge in [-0.1, -0.05) is 48.8 Å². The molecule has 3 heteroatoms. The van der Waals surface area contributed by atoms with Crippen molar-refractivity contribution in [3.63, 3.8) is 0 Å². The molecule has 0 radical (unpaired) electrons. The van der Waals surface area contributed by atoms with E-state index >= 15 is 0 Å². The van der Waals surface area contributed by atoms with E-state index in [2.05, 4.69) is 48.8 Å². The lowest BCUT2D eigenvalue weighted by atomic mass is 9.82. The van der Waals surface area contributed by atoms with E-state index in [0.29, 0.717) is 11.4 Å².